The van der Waals surface area contributed by atoms with Crippen LogP contribution in [0.25, 0.3) is 11.1 Å². The van der Waals surface area contributed by atoms with Crippen molar-refractivity contribution in [3.05, 3.63) is 101 Å². The minimum absolute atomic E-state index is 0.0180. The molecule has 4 nitrogen and oxygen atoms in total. The Morgan fingerprint density at radius 2 is 1.55 bits per heavy atom. The van der Waals surface area contributed by atoms with Crippen LogP contribution in [0.5, 0.6) is 0 Å². The second-order valence-corrected chi connectivity index (χ2v) is 8.04. The molecule has 1 atom stereocenters. The molecule has 1 amide bonds. The van der Waals surface area contributed by atoms with Gasteiger partial charge >= 0.3 is 0 Å². The predicted molar refractivity (Wildman–Crippen MR) is 118 cm³/mol. The maximum Gasteiger partial charge on any atom is 0.259 e. The summed E-state index contributed by atoms with van der Waals surface area (Å²) in [5.74, 6) is 0.0785. The Balaban J connectivity index is 1.76. The van der Waals surface area contributed by atoms with E-state index in [0.29, 0.717) is 12.1 Å². The molecule has 5 heteroatoms. The molecular weight excluding hydrogens is 382 g/mol. The Morgan fingerprint density at radius 3 is 2.17 bits per heavy atom. The summed E-state index contributed by atoms with van der Waals surface area (Å²) in [5.41, 5.74) is 6.30. The first-order chi connectivity index (χ1) is 14.0. The highest BCUT2D eigenvalue weighted by molar-refractivity contribution is 7.78. The lowest BCUT2D eigenvalue weighted by molar-refractivity contribution is -0.112. The van der Waals surface area contributed by atoms with E-state index in [1.54, 1.807) is 4.90 Å². The van der Waals surface area contributed by atoms with Gasteiger partial charge < -0.3 is 9.45 Å². The van der Waals surface area contributed by atoms with Crippen LogP contribution in [0.15, 0.2) is 78.9 Å². The fourth-order valence-corrected chi connectivity index (χ4v) is 4.07. The molecule has 3 aromatic rings. The van der Waals surface area contributed by atoms with Crippen molar-refractivity contribution in [1.82, 2.24) is 0 Å². The van der Waals surface area contributed by atoms with Crippen LogP contribution in [-0.2, 0) is 21.6 Å². The van der Waals surface area contributed by atoms with Crippen molar-refractivity contribution >= 4 is 33.8 Å². The maximum absolute atomic E-state index is 13.4. The number of anilines is 1. The minimum Gasteiger partial charge on any atom is -0.306 e. The molecule has 0 aromatic heterocycles. The van der Waals surface area contributed by atoms with E-state index < -0.39 is 11.1 Å². The summed E-state index contributed by atoms with van der Waals surface area (Å²) < 4.78 is 20.2. The smallest absolute Gasteiger partial charge is 0.259 e. The quantitative estimate of drug-likeness (QED) is 0.630. The third-order valence-electron chi connectivity index (χ3n) is 5.08. The molecule has 1 heterocycles. The van der Waals surface area contributed by atoms with E-state index >= 15 is 0 Å². The molecule has 0 saturated heterocycles. The molecule has 0 saturated carbocycles. The lowest BCUT2D eigenvalue weighted by Crippen LogP contribution is -2.26. The molecule has 1 aliphatic heterocycles. The van der Waals surface area contributed by atoms with Gasteiger partial charge in [-0.25, -0.2) is 4.21 Å². The third kappa shape index (κ3) is 4.06. The third-order valence-corrected chi connectivity index (χ3v) is 5.66. The second kappa shape index (κ2) is 8.15. The first-order valence-corrected chi connectivity index (χ1v) is 10.6. The summed E-state index contributed by atoms with van der Waals surface area (Å²) in [4.78, 5) is 15.2. The van der Waals surface area contributed by atoms with Crippen LogP contribution in [0, 0.1) is 6.92 Å². The van der Waals surface area contributed by atoms with Crippen LogP contribution in [0.4, 0.5) is 5.69 Å². The van der Waals surface area contributed by atoms with E-state index in [0.717, 1.165) is 33.5 Å². The van der Waals surface area contributed by atoms with E-state index in [1.165, 1.54) is 0 Å². The summed E-state index contributed by atoms with van der Waals surface area (Å²) in [5, 5.41) is 0. The van der Waals surface area contributed by atoms with Gasteiger partial charge in [0.2, 0.25) is 0 Å². The standard InChI is InChI=1S/C24H21NO3S/c1-17-7-13-21(14-8-17)25-15-22(19-11-9-18(10-12-19)16-29(27)28)23(24(25)26)20-5-3-2-4-6-20/h2-14H,15-16H2,1H3,(H,27,28). The van der Waals surface area contributed by atoms with Crippen LogP contribution < -0.4 is 4.90 Å². The van der Waals surface area contributed by atoms with Gasteiger partial charge in [-0.1, -0.05) is 72.3 Å². The van der Waals surface area contributed by atoms with Crippen molar-refractivity contribution in [3.63, 3.8) is 0 Å². The van der Waals surface area contributed by atoms with E-state index in [4.69, 9.17) is 4.55 Å². The topological polar surface area (TPSA) is 57.6 Å². The van der Waals surface area contributed by atoms with Gasteiger partial charge in [0.15, 0.2) is 11.1 Å². The SMILES string of the molecule is Cc1ccc(N2CC(c3ccc(CS(=O)O)cc3)=C(c3ccccc3)C2=O)cc1. The number of benzene rings is 3. The highest BCUT2D eigenvalue weighted by Crippen LogP contribution is 2.37. The maximum atomic E-state index is 13.4. The van der Waals surface area contributed by atoms with Gasteiger partial charge in [-0.3, -0.25) is 4.79 Å². The summed E-state index contributed by atoms with van der Waals surface area (Å²) in [6.07, 6.45) is 0. The van der Waals surface area contributed by atoms with Gasteiger partial charge in [-0.2, -0.15) is 0 Å². The molecule has 1 unspecified atom stereocenters. The minimum atomic E-state index is -1.87. The van der Waals surface area contributed by atoms with Crippen molar-refractivity contribution in [3.8, 4) is 0 Å². The number of hydrogen-bond acceptors (Lipinski definition) is 2. The summed E-state index contributed by atoms with van der Waals surface area (Å²) in [6, 6.07) is 25.2. The van der Waals surface area contributed by atoms with Crippen molar-refractivity contribution in [1.29, 1.82) is 0 Å². The summed E-state index contributed by atoms with van der Waals surface area (Å²) in [7, 11) is 0. The van der Waals surface area contributed by atoms with Crippen LogP contribution in [-0.4, -0.2) is 21.2 Å². The first kappa shape index (κ1) is 19.3. The number of rotatable bonds is 5. The van der Waals surface area contributed by atoms with Crippen molar-refractivity contribution in [2.75, 3.05) is 11.4 Å². The van der Waals surface area contributed by atoms with Gasteiger partial charge in [-0.15, -0.1) is 0 Å². The summed E-state index contributed by atoms with van der Waals surface area (Å²) in [6.45, 7) is 2.51. The number of carbonyl (C=O) groups is 1. The van der Waals surface area contributed by atoms with E-state index in [-0.39, 0.29) is 11.7 Å². The molecule has 146 valence electrons. The lowest BCUT2D eigenvalue weighted by atomic mass is 9.96. The van der Waals surface area contributed by atoms with Crippen LogP contribution in [0.2, 0.25) is 0 Å². The molecule has 0 radical (unpaired) electrons. The van der Waals surface area contributed by atoms with Crippen LogP contribution >= 0.6 is 0 Å². The first-order valence-electron chi connectivity index (χ1n) is 9.37. The molecule has 1 aliphatic rings. The van der Waals surface area contributed by atoms with Crippen molar-refractivity contribution in [2.24, 2.45) is 0 Å². The number of aryl methyl sites for hydroxylation is 1. The van der Waals surface area contributed by atoms with Gasteiger partial charge in [0.1, 0.15) is 0 Å². The van der Waals surface area contributed by atoms with Gasteiger partial charge in [0.05, 0.1) is 17.9 Å². The Morgan fingerprint density at radius 1 is 0.897 bits per heavy atom. The van der Waals surface area contributed by atoms with E-state index in [1.807, 2.05) is 85.8 Å². The van der Waals surface area contributed by atoms with Crippen molar-refractivity contribution < 1.29 is 13.6 Å². The predicted octanol–water partition coefficient (Wildman–Crippen LogP) is 4.67. The zero-order chi connectivity index (χ0) is 20.4. The molecule has 29 heavy (non-hydrogen) atoms. The number of amides is 1. The molecule has 0 bridgehead atoms. The van der Waals surface area contributed by atoms with Gasteiger partial charge in [0, 0.05) is 5.69 Å². The average molecular weight is 404 g/mol. The van der Waals surface area contributed by atoms with E-state index in [9.17, 15) is 9.00 Å². The molecule has 3 aromatic carbocycles. The molecule has 0 spiro atoms. The fraction of sp³-hybridized carbons (Fsp3) is 0.125. The van der Waals surface area contributed by atoms with Crippen LogP contribution in [0.3, 0.4) is 0 Å². The fourth-order valence-electron chi connectivity index (χ4n) is 3.59. The Hall–Kier alpha value is -3.02. The molecular formula is C24H21NO3S. The molecule has 1 N–H and O–H groups in total. The van der Waals surface area contributed by atoms with E-state index in [2.05, 4.69) is 0 Å². The number of hydrogen-bond donors (Lipinski definition) is 1. The molecule has 0 aliphatic carbocycles. The zero-order valence-corrected chi connectivity index (χ0v) is 16.9. The Labute approximate surface area is 172 Å². The second-order valence-electron chi connectivity index (χ2n) is 7.11. The Bertz CT molecular complexity index is 1090. The lowest BCUT2D eigenvalue weighted by Gasteiger charge is -2.17. The number of nitrogens with zero attached hydrogens (tertiary/aromatic N) is 1. The van der Waals surface area contributed by atoms with Crippen molar-refractivity contribution in [2.45, 2.75) is 12.7 Å². The monoisotopic (exact) mass is 403 g/mol. The zero-order valence-electron chi connectivity index (χ0n) is 16.0. The largest absolute Gasteiger partial charge is 0.306 e. The van der Waals surface area contributed by atoms with Gasteiger partial charge in [-0.05, 0) is 41.3 Å². The summed E-state index contributed by atoms with van der Waals surface area (Å²) >= 11 is -1.87. The Kier molecular flexibility index (Phi) is 5.43. The normalized spacial score (nSPS) is 15.1. The highest BCUT2D eigenvalue weighted by Gasteiger charge is 2.32. The number of carbonyl (C=O) groups excluding carboxylic acids is 1. The van der Waals surface area contributed by atoms with Crippen LogP contribution in [0.1, 0.15) is 22.3 Å². The molecule has 4 rings (SSSR count). The average Bonchev–Trinajstić information content (AvgIpc) is 3.06. The van der Waals surface area contributed by atoms with Gasteiger partial charge in [0.25, 0.3) is 5.91 Å². The molecule has 0 fully saturated rings. The highest BCUT2D eigenvalue weighted by atomic mass is 32.2.